The molecule has 1 heterocycles. The molecule has 2 atom stereocenters. The van der Waals surface area contributed by atoms with Crippen molar-refractivity contribution in [2.45, 2.75) is 18.7 Å². The van der Waals surface area contributed by atoms with E-state index in [1.165, 1.54) is 12.0 Å². The number of benzene rings is 2. The Morgan fingerprint density at radius 2 is 1.80 bits per heavy atom. The Morgan fingerprint density at radius 3 is 2.43 bits per heavy atom. The van der Waals surface area contributed by atoms with Crippen LogP contribution in [0.1, 0.15) is 5.56 Å². The molecule has 2 aromatic carbocycles. The number of carboxylic acids is 1. The molecule has 3 rings (SSSR count). The lowest BCUT2D eigenvalue weighted by Crippen LogP contribution is -2.72. The van der Waals surface area contributed by atoms with Crippen LogP contribution >= 0.6 is 0 Å². The number of nitrogens with one attached hydrogen (secondary N) is 1. The van der Waals surface area contributed by atoms with E-state index in [0.29, 0.717) is 11.4 Å². The van der Waals surface area contributed by atoms with E-state index in [1.807, 2.05) is 30.3 Å². The molecule has 1 aliphatic rings. The molecule has 9 heteroatoms. The number of amides is 2. The molecule has 2 aromatic rings. The van der Waals surface area contributed by atoms with E-state index >= 15 is 0 Å². The van der Waals surface area contributed by atoms with Crippen LogP contribution < -0.4 is 15.0 Å². The van der Waals surface area contributed by atoms with Crippen LogP contribution in [0.4, 0.5) is 10.5 Å². The summed E-state index contributed by atoms with van der Waals surface area (Å²) in [5.74, 6) is -0.839. The second-order valence-electron chi connectivity index (χ2n) is 6.57. The molecule has 158 valence electrons. The highest BCUT2D eigenvalue weighted by Crippen LogP contribution is 2.30. The highest BCUT2D eigenvalue weighted by Gasteiger charge is 2.49. The van der Waals surface area contributed by atoms with Crippen molar-refractivity contribution in [2.75, 3.05) is 25.2 Å². The standard InChI is InChI=1S/C21H22N2O7/c1-28-16-9-7-15(8-10-16)23-17(12-29-13-18(24)25)19(20(23)26)22-21(27)30-11-14-5-3-2-4-6-14/h2-10,17,19H,11-13H2,1H3,(H,22,27)(H,24,25)/t17-,19+/m1/s1. The van der Waals surface area contributed by atoms with Gasteiger partial charge in [-0.05, 0) is 29.8 Å². The van der Waals surface area contributed by atoms with Crippen molar-refractivity contribution in [3.05, 3.63) is 60.2 Å². The zero-order valence-electron chi connectivity index (χ0n) is 16.3. The fourth-order valence-electron chi connectivity index (χ4n) is 3.09. The Labute approximate surface area is 173 Å². The van der Waals surface area contributed by atoms with Gasteiger partial charge >= 0.3 is 12.1 Å². The van der Waals surface area contributed by atoms with Gasteiger partial charge in [-0.1, -0.05) is 30.3 Å². The number of nitrogens with zero attached hydrogens (tertiary/aromatic N) is 1. The van der Waals surface area contributed by atoms with E-state index in [2.05, 4.69) is 5.32 Å². The zero-order valence-corrected chi connectivity index (χ0v) is 16.3. The number of hydrogen-bond donors (Lipinski definition) is 2. The monoisotopic (exact) mass is 414 g/mol. The summed E-state index contributed by atoms with van der Waals surface area (Å²) in [6.45, 7) is -0.504. The summed E-state index contributed by atoms with van der Waals surface area (Å²) in [6, 6.07) is 14.5. The van der Waals surface area contributed by atoms with E-state index in [-0.39, 0.29) is 19.1 Å². The van der Waals surface area contributed by atoms with Crippen molar-refractivity contribution >= 4 is 23.7 Å². The molecule has 0 aromatic heterocycles. The van der Waals surface area contributed by atoms with E-state index in [1.54, 1.807) is 24.3 Å². The fourth-order valence-corrected chi connectivity index (χ4v) is 3.09. The summed E-state index contributed by atoms with van der Waals surface area (Å²) in [6.07, 6.45) is -0.741. The van der Waals surface area contributed by atoms with Crippen LogP contribution in [-0.4, -0.2) is 55.5 Å². The van der Waals surface area contributed by atoms with Crippen LogP contribution in [0.25, 0.3) is 0 Å². The van der Waals surface area contributed by atoms with Crippen molar-refractivity contribution in [3.63, 3.8) is 0 Å². The van der Waals surface area contributed by atoms with E-state index in [4.69, 9.17) is 19.3 Å². The molecule has 0 spiro atoms. The second kappa shape index (κ2) is 9.75. The molecule has 0 bridgehead atoms. The van der Waals surface area contributed by atoms with Crippen molar-refractivity contribution in [1.82, 2.24) is 5.32 Å². The largest absolute Gasteiger partial charge is 0.497 e. The molecular weight excluding hydrogens is 392 g/mol. The minimum Gasteiger partial charge on any atom is -0.497 e. The maximum atomic E-state index is 12.7. The highest BCUT2D eigenvalue weighted by molar-refractivity contribution is 6.07. The number of β-lactam (4-membered cyclic amide) rings is 1. The molecule has 2 amide bonds. The number of carboxylic acid groups (broad SMARTS) is 1. The third kappa shape index (κ3) is 5.06. The van der Waals surface area contributed by atoms with Gasteiger partial charge in [-0.25, -0.2) is 9.59 Å². The lowest BCUT2D eigenvalue weighted by Gasteiger charge is -2.46. The van der Waals surface area contributed by atoms with Gasteiger partial charge in [0.25, 0.3) is 5.91 Å². The van der Waals surface area contributed by atoms with Gasteiger partial charge in [0.05, 0.1) is 19.8 Å². The predicted octanol–water partition coefficient (Wildman–Crippen LogP) is 1.81. The average Bonchev–Trinajstić information content (AvgIpc) is 2.76. The first-order valence-electron chi connectivity index (χ1n) is 9.23. The molecule has 2 N–H and O–H groups in total. The van der Waals surface area contributed by atoms with Crippen molar-refractivity contribution in [2.24, 2.45) is 0 Å². The van der Waals surface area contributed by atoms with Gasteiger partial charge in [-0.3, -0.25) is 4.79 Å². The predicted molar refractivity (Wildman–Crippen MR) is 106 cm³/mol. The maximum absolute atomic E-state index is 12.7. The molecule has 9 nitrogen and oxygen atoms in total. The van der Waals surface area contributed by atoms with Crippen molar-refractivity contribution < 1.29 is 33.7 Å². The number of ether oxygens (including phenoxy) is 3. The minimum atomic E-state index is -1.12. The molecular formula is C21H22N2O7. The number of aliphatic carboxylic acids is 1. The molecule has 0 unspecified atom stereocenters. The number of rotatable bonds is 9. The topological polar surface area (TPSA) is 114 Å². The van der Waals surface area contributed by atoms with Crippen LogP contribution in [0.5, 0.6) is 5.75 Å². The smallest absolute Gasteiger partial charge is 0.408 e. The van der Waals surface area contributed by atoms with Gasteiger partial charge in [0.1, 0.15) is 25.0 Å². The van der Waals surface area contributed by atoms with Crippen LogP contribution in [-0.2, 0) is 25.7 Å². The first kappa shape index (κ1) is 21.1. The number of alkyl carbamates (subject to hydrolysis) is 1. The Hall–Kier alpha value is -3.59. The summed E-state index contributed by atoms with van der Waals surface area (Å²) >= 11 is 0. The Balaban J connectivity index is 1.64. The van der Waals surface area contributed by atoms with Gasteiger partial charge in [-0.2, -0.15) is 0 Å². The third-order valence-electron chi connectivity index (χ3n) is 4.57. The van der Waals surface area contributed by atoms with E-state index < -0.39 is 30.8 Å². The lowest BCUT2D eigenvalue weighted by molar-refractivity contribution is -0.143. The normalized spacial score (nSPS) is 17.8. The van der Waals surface area contributed by atoms with Gasteiger partial charge < -0.3 is 29.5 Å². The fraction of sp³-hybridized carbons (Fsp3) is 0.286. The summed E-state index contributed by atoms with van der Waals surface area (Å²) in [5.41, 5.74) is 1.40. The molecule has 1 fully saturated rings. The SMILES string of the molecule is COc1ccc(N2C(=O)[C@@H](NC(=O)OCc3ccccc3)[C@H]2COCC(=O)O)cc1. The Kier molecular flexibility index (Phi) is 6.87. The summed E-state index contributed by atoms with van der Waals surface area (Å²) < 4.78 is 15.5. The third-order valence-corrected chi connectivity index (χ3v) is 4.57. The Morgan fingerprint density at radius 1 is 1.10 bits per heavy atom. The van der Waals surface area contributed by atoms with Crippen LogP contribution in [0.2, 0.25) is 0 Å². The van der Waals surface area contributed by atoms with Crippen LogP contribution in [0, 0.1) is 0 Å². The first-order chi connectivity index (χ1) is 14.5. The summed E-state index contributed by atoms with van der Waals surface area (Å²) in [7, 11) is 1.54. The quantitative estimate of drug-likeness (QED) is 0.602. The highest BCUT2D eigenvalue weighted by atomic mass is 16.5. The summed E-state index contributed by atoms with van der Waals surface area (Å²) in [5, 5.41) is 11.3. The molecule has 30 heavy (non-hydrogen) atoms. The van der Waals surface area contributed by atoms with Gasteiger partial charge in [0.15, 0.2) is 0 Å². The average molecular weight is 414 g/mol. The van der Waals surface area contributed by atoms with Gasteiger partial charge in [-0.15, -0.1) is 0 Å². The minimum absolute atomic E-state index is 0.0618. The van der Waals surface area contributed by atoms with E-state index in [0.717, 1.165) is 5.56 Å². The zero-order chi connectivity index (χ0) is 21.5. The van der Waals surface area contributed by atoms with Gasteiger partial charge in [0, 0.05) is 5.69 Å². The molecule has 0 saturated carbocycles. The molecule has 0 radical (unpaired) electrons. The Bertz CT molecular complexity index is 886. The number of carbonyl (C=O) groups is 3. The lowest BCUT2D eigenvalue weighted by atomic mass is 9.94. The molecule has 1 saturated heterocycles. The van der Waals surface area contributed by atoms with Crippen molar-refractivity contribution in [1.29, 1.82) is 0 Å². The molecule has 1 aliphatic heterocycles. The number of anilines is 1. The van der Waals surface area contributed by atoms with Crippen molar-refractivity contribution in [3.8, 4) is 5.75 Å². The number of methoxy groups -OCH3 is 1. The second-order valence-corrected chi connectivity index (χ2v) is 6.57. The number of hydrogen-bond acceptors (Lipinski definition) is 6. The number of carbonyl (C=O) groups excluding carboxylic acids is 2. The first-order valence-corrected chi connectivity index (χ1v) is 9.23. The summed E-state index contributed by atoms with van der Waals surface area (Å²) in [4.78, 5) is 37.0. The molecule has 0 aliphatic carbocycles. The van der Waals surface area contributed by atoms with Crippen LogP contribution in [0.3, 0.4) is 0 Å². The maximum Gasteiger partial charge on any atom is 0.408 e. The van der Waals surface area contributed by atoms with Gasteiger partial charge in [0.2, 0.25) is 0 Å². The van der Waals surface area contributed by atoms with E-state index in [9.17, 15) is 14.4 Å². The van der Waals surface area contributed by atoms with Crippen LogP contribution in [0.15, 0.2) is 54.6 Å².